The summed E-state index contributed by atoms with van der Waals surface area (Å²) in [5.74, 6) is 0.741. The highest BCUT2D eigenvalue weighted by Crippen LogP contribution is 2.28. The minimum atomic E-state index is -0.687. The normalized spacial score (nSPS) is 14.5. The fraction of sp³-hybridized carbons (Fsp3) is 0.375. The van der Waals surface area contributed by atoms with Crippen LogP contribution in [0, 0.1) is 6.92 Å². The van der Waals surface area contributed by atoms with Crippen LogP contribution in [0.1, 0.15) is 54.4 Å². The maximum Gasteiger partial charge on any atom is 0.243 e. The molecule has 1 fully saturated rings. The van der Waals surface area contributed by atoms with Crippen LogP contribution in [0.2, 0.25) is 10.0 Å². The standard InChI is InChI=1S/C32H36Cl2N2O2S/c1-23-11-8-9-14-25(23)21-39-22-31(37)36(20-27-28(33)17-10-18-29(27)34)30(19-24-12-4-2-5-13-24)32(38)35-26-15-6-3-7-16-26/h2,4-5,8-14,17-18,26,30H,3,6-7,15-16,19-22H2,1H3,(H,35,38)/t30-/m1/s1. The topological polar surface area (TPSA) is 49.4 Å². The smallest absolute Gasteiger partial charge is 0.243 e. The number of hydrogen-bond donors (Lipinski definition) is 1. The van der Waals surface area contributed by atoms with Gasteiger partial charge in [0.25, 0.3) is 0 Å². The quantitative estimate of drug-likeness (QED) is 0.253. The number of amides is 2. The molecule has 0 aliphatic heterocycles. The lowest BCUT2D eigenvalue weighted by Crippen LogP contribution is -2.53. The van der Waals surface area contributed by atoms with Gasteiger partial charge >= 0.3 is 0 Å². The number of halogens is 2. The van der Waals surface area contributed by atoms with Crippen molar-refractivity contribution in [3.8, 4) is 0 Å². The Labute approximate surface area is 246 Å². The van der Waals surface area contributed by atoms with Crippen molar-refractivity contribution in [2.75, 3.05) is 5.75 Å². The Morgan fingerprint density at radius 3 is 2.28 bits per heavy atom. The van der Waals surface area contributed by atoms with E-state index in [4.69, 9.17) is 23.2 Å². The van der Waals surface area contributed by atoms with E-state index in [9.17, 15) is 9.59 Å². The molecule has 0 spiro atoms. The Kier molecular flexibility index (Phi) is 11.2. The van der Waals surface area contributed by atoms with Crippen LogP contribution in [0.3, 0.4) is 0 Å². The summed E-state index contributed by atoms with van der Waals surface area (Å²) in [5.41, 5.74) is 4.05. The molecule has 0 heterocycles. The molecule has 1 aliphatic rings. The first kappa shape index (κ1) is 29.5. The average molecular weight is 584 g/mol. The number of carbonyl (C=O) groups excluding carboxylic acids is 2. The number of benzene rings is 3. The zero-order valence-electron chi connectivity index (χ0n) is 22.4. The number of carbonyl (C=O) groups is 2. The van der Waals surface area contributed by atoms with Gasteiger partial charge in [-0.3, -0.25) is 9.59 Å². The molecule has 39 heavy (non-hydrogen) atoms. The van der Waals surface area contributed by atoms with Crippen molar-refractivity contribution >= 4 is 46.8 Å². The van der Waals surface area contributed by atoms with E-state index >= 15 is 0 Å². The van der Waals surface area contributed by atoms with Crippen molar-refractivity contribution in [2.45, 2.75) is 69.8 Å². The van der Waals surface area contributed by atoms with Gasteiger partial charge in [-0.2, -0.15) is 0 Å². The number of rotatable bonds is 11. The SMILES string of the molecule is Cc1ccccc1CSCC(=O)N(Cc1c(Cl)cccc1Cl)[C@H](Cc1ccccc1)C(=O)NC1CCCCC1. The summed E-state index contributed by atoms with van der Waals surface area (Å²) in [5, 5.41) is 4.24. The molecule has 0 unspecified atom stereocenters. The van der Waals surface area contributed by atoms with Crippen molar-refractivity contribution < 1.29 is 9.59 Å². The van der Waals surface area contributed by atoms with Crippen LogP contribution in [-0.2, 0) is 28.3 Å². The summed E-state index contributed by atoms with van der Waals surface area (Å²) in [4.78, 5) is 29.5. The number of nitrogens with zero attached hydrogens (tertiary/aromatic N) is 1. The Bertz CT molecular complexity index is 1230. The highest BCUT2D eigenvalue weighted by Gasteiger charge is 2.32. The molecule has 0 saturated heterocycles. The molecule has 1 atom stereocenters. The summed E-state index contributed by atoms with van der Waals surface area (Å²) in [6, 6.07) is 22.8. The lowest BCUT2D eigenvalue weighted by atomic mass is 9.94. The van der Waals surface area contributed by atoms with Gasteiger partial charge < -0.3 is 10.2 Å². The molecule has 0 radical (unpaired) electrons. The summed E-state index contributed by atoms with van der Waals surface area (Å²) < 4.78 is 0. The highest BCUT2D eigenvalue weighted by atomic mass is 35.5. The Morgan fingerprint density at radius 1 is 0.923 bits per heavy atom. The van der Waals surface area contributed by atoms with Crippen LogP contribution in [-0.4, -0.2) is 34.6 Å². The van der Waals surface area contributed by atoms with Crippen molar-refractivity contribution in [3.63, 3.8) is 0 Å². The van der Waals surface area contributed by atoms with E-state index in [1.807, 2.05) is 42.5 Å². The molecule has 7 heteroatoms. The molecule has 1 saturated carbocycles. The molecule has 206 valence electrons. The first-order chi connectivity index (χ1) is 18.9. The zero-order valence-corrected chi connectivity index (χ0v) is 24.7. The van der Waals surface area contributed by atoms with E-state index in [1.165, 1.54) is 17.5 Å². The number of nitrogens with one attached hydrogen (secondary N) is 1. The van der Waals surface area contributed by atoms with E-state index < -0.39 is 6.04 Å². The molecule has 0 aromatic heterocycles. The van der Waals surface area contributed by atoms with E-state index in [-0.39, 0.29) is 30.2 Å². The predicted molar refractivity (Wildman–Crippen MR) is 163 cm³/mol. The first-order valence-electron chi connectivity index (χ1n) is 13.6. The van der Waals surface area contributed by atoms with Gasteiger partial charge in [-0.05, 0) is 48.6 Å². The summed E-state index contributed by atoms with van der Waals surface area (Å²) in [6.07, 6.45) is 5.79. The van der Waals surface area contributed by atoms with Gasteiger partial charge in [-0.25, -0.2) is 0 Å². The molecule has 3 aromatic carbocycles. The van der Waals surface area contributed by atoms with Crippen LogP contribution in [0.25, 0.3) is 0 Å². The first-order valence-corrected chi connectivity index (χ1v) is 15.5. The Hall–Kier alpha value is -2.47. The van der Waals surface area contributed by atoms with Crippen molar-refractivity contribution in [1.82, 2.24) is 10.2 Å². The second kappa shape index (κ2) is 14.8. The van der Waals surface area contributed by atoms with E-state index in [0.717, 1.165) is 37.0 Å². The van der Waals surface area contributed by atoms with Crippen molar-refractivity contribution in [2.24, 2.45) is 0 Å². The molecule has 3 aromatic rings. The lowest BCUT2D eigenvalue weighted by Gasteiger charge is -2.34. The minimum Gasteiger partial charge on any atom is -0.352 e. The molecule has 1 N–H and O–H groups in total. The minimum absolute atomic E-state index is 0.107. The highest BCUT2D eigenvalue weighted by molar-refractivity contribution is 7.99. The summed E-state index contributed by atoms with van der Waals surface area (Å²) in [7, 11) is 0. The third kappa shape index (κ3) is 8.51. The second-order valence-electron chi connectivity index (χ2n) is 10.2. The maximum atomic E-state index is 13.9. The van der Waals surface area contributed by atoms with E-state index in [2.05, 4.69) is 24.4 Å². The number of aryl methyl sites for hydroxylation is 1. The van der Waals surface area contributed by atoms with Crippen molar-refractivity contribution in [1.29, 1.82) is 0 Å². The van der Waals surface area contributed by atoms with Crippen LogP contribution < -0.4 is 5.32 Å². The van der Waals surface area contributed by atoms with Crippen LogP contribution in [0.15, 0.2) is 72.8 Å². The van der Waals surface area contributed by atoms with Gasteiger partial charge in [0.05, 0.1) is 5.75 Å². The monoisotopic (exact) mass is 582 g/mol. The van der Waals surface area contributed by atoms with Gasteiger partial charge in [0.1, 0.15) is 6.04 Å². The Balaban J connectivity index is 1.61. The van der Waals surface area contributed by atoms with E-state index in [1.54, 1.807) is 34.9 Å². The molecular weight excluding hydrogens is 547 g/mol. The predicted octanol–water partition coefficient (Wildman–Crippen LogP) is 7.62. The molecule has 1 aliphatic carbocycles. The Morgan fingerprint density at radius 2 is 1.59 bits per heavy atom. The molecule has 0 bridgehead atoms. The van der Waals surface area contributed by atoms with Gasteiger partial charge in [0.2, 0.25) is 11.8 Å². The zero-order chi connectivity index (χ0) is 27.6. The molecule has 4 nitrogen and oxygen atoms in total. The largest absolute Gasteiger partial charge is 0.352 e. The van der Waals surface area contributed by atoms with Gasteiger partial charge in [0, 0.05) is 40.4 Å². The second-order valence-corrected chi connectivity index (χ2v) is 12.0. The van der Waals surface area contributed by atoms with Gasteiger partial charge in [-0.15, -0.1) is 11.8 Å². The van der Waals surface area contributed by atoms with Gasteiger partial charge in [0.15, 0.2) is 0 Å². The van der Waals surface area contributed by atoms with Crippen LogP contribution in [0.4, 0.5) is 0 Å². The molecular formula is C32H36Cl2N2O2S. The molecule has 4 rings (SSSR count). The lowest BCUT2D eigenvalue weighted by molar-refractivity contribution is -0.139. The average Bonchev–Trinajstić information content (AvgIpc) is 2.94. The maximum absolute atomic E-state index is 13.9. The fourth-order valence-corrected chi connectivity index (χ4v) is 6.56. The van der Waals surface area contributed by atoms with Crippen LogP contribution in [0.5, 0.6) is 0 Å². The number of hydrogen-bond acceptors (Lipinski definition) is 3. The number of thioether (sulfide) groups is 1. The van der Waals surface area contributed by atoms with E-state index in [0.29, 0.717) is 22.0 Å². The third-order valence-electron chi connectivity index (χ3n) is 7.36. The summed E-state index contributed by atoms with van der Waals surface area (Å²) >= 11 is 14.7. The van der Waals surface area contributed by atoms with Crippen molar-refractivity contribution in [3.05, 3.63) is 105 Å². The summed E-state index contributed by atoms with van der Waals surface area (Å²) in [6.45, 7) is 2.24. The van der Waals surface area contributed by atoms with Crippen LogP contribution >= 0.6 is 35.0 Å². The van der Waals surface area contributed by atoms with Gasteiger partial charge in [-0.1, -0.05) is 103 Å². The fourth-order valence-electron chi connectivity index (χ4n) is 5.06. The molecule has 2 amide bonds. The third-order valence-corrected chi connectivity index (χ3v) is 9.03.